The molecule has 0 radical (unpaired) electrons. The van der Waals surface area contributed by atoms with Gasteiger partial charge in [0.15, 0.2) is 0 Å². The third-order valence-electron chi connectivity index (χ3n) is 1.86. The summed E-state index contributed by atoms with van der Waals surface area (Å²) in [5.74, 6) is 0.892. The van der Waals surface area contributed by atoms with E-state index in [1.807, 2.05) is 0 Å². The van der Waals surface area contributed by atoms with E-state index in [0.717, 1.165) is 12.5 Å². The Labute approximate surface area is 78.1 Å². The average molecular weight is 255 g/mol. The Balaban J connectivity index is 3.09. The maximum absolute atomic E-state index is 3.43. The first-order chi connectivity index (χ1) is 4.85. The zero-order valence-electron chi connectivity index (χ0n) is 6.99. The molecule has 0 aliphatic rings. The molecule has 0 aromatic rings. The molecule has 1 N–H and O–H groups in total. The number of nitrogens with one attached hydrogen (secondary N) is 1. The fourth-order valence-electron chi connectivity index (χ4n) is 0.950. The summed E-state index contributed by atoms with van der Waals surface area (Å²) < 4.78 is 1.22. The molecule has 0 aliphatic carbocycles. The van der Waals surface area contributed by atoms with Crippen LogP contribution in [0.2, 0.25) is 0 Å². The number of hydrogen-bond acceptors (Lipinski definition) is 1. The van der Waals surface area contributed by atoms with Crippen LogP contribution in [0.4, 0.5) is 0 Å². The Morgan fingerprint density at radius 3 is 2.30 bits per heavy atom. The van der Waals surface area contributed by atoms with Gasteiger partial charge in [-0.2, -0.15) is 0 Å². The summed E-state index contributed by atoms with van der Waals surface area (Å²) in [6, 6.07) is 0. The molecule has 0 aliphatic heterocycles. The van der Waals surface area contributed by atoms with Gasteiger partial charge in [0.2, 0.25) is 0 Å². The summed E-state index contributed by atoms with van der Waals surface area (Å²) in [5, 5.41) is 3.43. The fraction of sp³-hybridized carbons (Fsp3) is 1.00. The van der Waals surface area contributed by atoms with Crippen LogP contribution in [-0.2, 0) is 0 Å². The Bertz CT molecular complexity index is 62.3. The minimum absolute atomic E-state index is 0.892. The van der Waals surface area contributed by atoms with Crippen LogP contribution in [0, 0.1) is 5.92 Å². The van der Waals surface area contributed by atoms with Crippen LogP contribution in [-0.4, -0.2) is 17.5 Å². The van der Waals surface area contributed by atoms with Gasteiger partial charge in [-0.25, -0.2) is 0 Å². The molecule has 0 bridgehead atoms. The van der Waals surface area contributed by atoms with Crippen molar-refractivity contribution in [3.63, 3.8) is 0 Å². The summed E-state index contributed by atoms with van der Waals surface area (Å²) in [7, 11) is 0. The van der Waals surface area contributed by atoms with Gasteiger partial charge in [-0.3, -0.25) is 0 Å². The van der Waals surface area contributed by atoms with Crippen LogP contribution in [0.3, 0.4) is 0 Å². The number of hydrogen-bond donors (Lipinski definition) is 1. The second-order valence-corrected chi connectivity index (χ2v) is 3.65. The molecule has 0 fully saturated rings. The van der Waals surface area contributed by atoms with E-state index in [1.54, 1.807) is 0 Å². The first-order valence-corrected chi connectivity index (χ1v) is 5.64. The lowest BCUT2D eigenvalue weighted by atomic mass is 10.0. The van der Waals surface area contributed by atoms with Gasteiger partial charge in [0.25, 0.3) is 0 Å². The topological polar surface area (TPSA) is 12.0 Å². The fourth-order valence-corrected chi connectivity index (χ4v) is 1.33. The molecule has 62 valence electrons. The first-order valence-electron chi connectivity index (χ1n) is 4.11. The van der Waals surface area contributed by atoms with Crippen LogP contribution in [0.1, 0.15) is 26.7 Å². The Morgan fingerprint density at radius 1 is 1.30 bits per heavy atom. The van der Waals surface area contributed by atoms with Gasteiger partial charge in [0, 0.05) is 11.0 Å². The van der Waals surface area contributed by atoms with Crippen molar-refractivity contribution < 1.29 is 0 Å². The summed E-state index contributed by atoms with van der Waals surface area (Å²) in [6.45, 7) is 6.90. The smallest absolute Gasteiger partial charge is 0.0121 e. The quantitative estimate of drug-likeness (QED) is 0.436. The third kappa shape index (κ3) is 5.47. The highest BCUT2D eigenvalue weighted by atomic mass is 127. The first kappa shape index (κ1) is 10.7. The summed E-state index contributed by atoms with van der Waals surface area (Å²) in [6.07, 6.45) is 2.62. The van der Waals surface area contributed by atoms with Crippen molar-refractivity contribution in [1.82, 2.24) is 5.32 Å². The maximum Gasteiger partial charge on any atom is 0.0121 e. The van der Waals surface area contributed by atoms with E-state index >= 15 is 0 Å². The second-order valence-electron chi connectivity index (χ2n) is 2.58. The molecule has 0 heterocycles. The van der Waals surface area contributed by atoms with Gasteiger partial charge < -0.3 is 5.32 Å². The van der Waals surface area contributed by atoms with Crippen LogP contribution >= 0.6 is 22.6 Å². The molecule has 1 nitrogen and oxygen atoms in total. The minimum atomic E-state index is 0.892. The lowest BCUT2D eigenvalue weighted by Crippen LogP contribution is -2.23. The zero-order valence-corrected chi connectivity index (χ0v) is 9.15. The molecule has 0 aromatic heterocycles. The summed E-state index contributed by atoms with van der Waals surface area (Å²) in [5.41, 5.74) is 0. The second kappa shape index (κ2) is 7.79. The minimum Gasteiger partial charge on any atom is -0.316 e. The standard InChI is InChI=1S/C8H18IN/c1-3-8(4-2)7-10-6-5-9/h8,10H,3-7H2,1-2H3. The molecule has 0 saturated carbocycles. The Kier molecular flexibility index (Phi) is 8.33. The monoisotopic (exact) mass is 255 g/mol. The van der Waals surface area contributed by atoms with E-state index in [2.05, 4.69) is 41.8 Å². The van der Waals surface area contributed by atoms with Crippen molar-refractivity contribution in [2.24, 2.45) is 5.92 Å². The largest absolute Gasteiger partial charge is 0.316 e. The van der Waals surface area contributed by atoms with E-state index in [1.165, 1.54) is 23.8 Å². The van der Waals surface area contributed by atoms with Crippen LogP contribution < -0.4 is 5.32 Å². The lowest BCUT2D eigenvalue weighted by Gasteiger charge is -2.11. The molecule has 0 aromatic carbocycles. The van der Waals surface area contributed by atoms with Gasteiger partial charge in [0.1, 0.15) is 0 Å². The number of rotatable bonds is 6. The van der Waals surface area contributed by atoms with Gasteiger partial charge in [0.05, 0.1) is 0 Å². The molecule has 0 saturated heterocycles. The SMILES string of the molecule is CCC(CC)CNCCI. The highest BCUT2D eigenvalue weighted by molar-refractivity contribution is 14.1. The molecule has 0 spiro atoms. The van der Waals surface area contributed by atoms with E-state index < -0.39 is 0 Å². The van der Waals surface area contributed by atoms with Crippen molar-refractivity contribution in [1.29, 1.82) is 0 Å². The van der Waals surface area contributed by atoms with E-state index in [0.29, 0.717) is 0 Å². The third-order valence-corrected chi connectivity index (χ3v) is 2.40. The van der Waals surface area contributed by atoms with Crippen LogP contribution in [0.15, 0.2) is 0 Å². The van der Waals surface area contributed by atoms with Crippen LogP contribution in [0.5, 0.6) is 0 Å². The Morgan fingerprint density at radius 2 is 1.90 bits per heavy atom. The summed E-state index contributed by atoms with van der Waals surface area (Å²) >= 11 is 2.40. The van der Waals surface area contributed by atoms with Gasteiger partial charge in [-0.15, -0.1) is 0 Å². The van der Waals surface area contributed by atoms with Crippen LogP contribution in [0.25, 0.3) is 0 Å². The maximum atomic E-state index is 3.43. The Hall–Kier alpha value is 0.690. The van der Waals surface area contributed by atoms with Gasteiger partial charge in [-0.05, 0) is 12.5 Å². The highest BCUT2D eigenvalue weighted by Crippen LogP contribution is 2.04. The van der Waals surface area contributed by atoms with Crippen molar-refractivity contribution in [3.8, 4) is 0 Å². The highest BCUT2D eigenvalue weighted by Gasteiger charge is 2.00. The van der Waals surface area contributed by atoms with E-state index in [9.17, 15) is 0 Å². The van der Waals surface area contributed by atoms with Crippen molar-refractivity contribution in [2.45, 2.75) is 26.7 Å². The van der Waals surface area contributed by atoms with Crippen molar-refractivity contribution in [2.75, 3.05) is 17.5 Å². The van der Waals surface area contributed by atoms with Crippen molar-refractivity contribution >= 4 is 22.6 Å². The lowest BCUT2D eigenvalue weighted by molar-refractivity contribution is 0.458. The predicted octanol–water partition coefficient (Wildman–Crippen LogP) is 2.45. The average Bonchev–Trinajstić information content (AvgIpc) is 1.99. The molecule has 2 heteroatoms. The normalized spacial score (nSPS) is 10.8. The molecular formula is C8H18IN. The molecule has 0 atom stereocenters. The van der Waals surface area contributed by atoms with E-state index in [-0.39, 0.29) is 0 Å². The molecule has 10 heavy (non-hydrogen) atoms. The molecule has 0 rings (SSSR count). The van der Waals surface area contributed by atoms with Gasteiger partial charge in [-0.1, -0.05) is 49.3 Å². The summed E-state index contributed by atoms with van der Waals surface area (Å²) in [4.78, 5) is 0. The molecule has 0 amide bonds. The van der Waals surface area contributed by atoms with Crippen molar-refractivity contribution in [3.05, 3.63) is 0 Å². The molecule has 0 unspecified atom stereocenters. The number of halogens is 1. The predicted molar refractivity (Wildman–Crippen MR) is 55.8 cm³/mol. The van der Waals surface area contributed by atoms with Gasteiger partial charge >= 0.3 is 0 Å². The zero-order chi connectivity index (χ0) is 7.82. The van der Waals surface area contributed by atoms with E-state index in [4.69, 9.17) is 0 Å². The number of alkyl halides is 1. The molecular weight excluding hydrogens is 237 g/mol.